The molecule has 0 saturated heterocycles. The lowest BCUT2D eigenvalue weighted by atomic mass is 10.1. The van der Waals surface area contributed by atoms with E-state index in [2.05, 4.69) is 19.9 Å². The van der Waals surface area contributed by atoms with Crippen LogP contribution in [-0.4, -0.2) is 26.9 Å². The highest BCUT2D eigenvalue weighted by molar-refractivity contribution is 6.58. The van der Waals surface area contributed by atoms with Crippen molar-refractivity contribution in [2.75, 3.05) is 0 Å². The van der Waals surface area contributed by atoms with Crippen molar-refractivity contribution >= 4 is 6.96 Å². The number of rotatable bonds is 0. The molecular weight excluding hydrogens is 331 g/mol. The van der Waals surface area contributed by atoms with E-state index in [4.69, 9.17) is 39.7 Å². The molecule has 0 amide bonds. The SMILES string of the molecule is N#Cc1nc2c(nc1C#N)O[B-]1(O2)Oc2nc(C#N)c(C#N)nc2O1. The average molecular weight is 331 g/mol. The van der Waals surface area contributed by atoms with Gasteiger partial charge < -0.3 is 18.6 Å². The minimum atomic E-state index is -2.98. The van der Waals surface area contributed by atoms with Gasteiger partial charge in [-0.25, -0.2) is 0 Å². The zero-order chi connectivity index (χ0) is 17.6. The van der Waals surface area contributed by atoms with E-state index in [1.807, 2.05) is 0 Å². The monoisotopic (exact) mass is 331 g/mol. The Morgan fingerprint density at radius 3 is 0.960 bits per heavy atom. The van der Waals surface area contributed by atoms with E-state index in [0.29, 0.717) is 0 Å². The zero-order valence-electron chi connectivity index (χ0n) is 11.8. The van der Waals surface area contributed by atoms with Crippen molar-refractivity contribution in [1.29, 1.82) is 21.0 Å². The number of aromatic nitrogens is 4. The fourth-order valence-electron chi connectivity index (χ4n) is 2.12. The van der Waals surface area contributed by atoms with E-state index in [9.17, 15) is 0 Å². The molecule has 2 aliphatic heterocycles. The van der Waals surface area contributed by atoms with Crippen LogP contribution in [0, 0.1) is 45.3 Å². The molecule has 2 aromatic heterocycles. The number of hydrogen-bond donors (Lipinski definition) is 0. The smallest absolute Gasteiger partial charge is 0.593 e. The van der Waals surface area contributed by atoms with Gasteiger partial charge >= 0.3 is 6.96 Å². The Balaban J connectivity index is 1.73. The summed E-state index contributed by atoms with van der Waals surface area (Å²) < 4.78 is 21.4. The van der Waals surface area contributed by atoms with Crippen LogP contribution in [0.4, 0.5) is 0 Å². The van der Waals surface area contributed by atoms with Gasteiger partial charge in [0.05, 0.1) is 0 Å². The van der Waals surface area contributed by atoms with E-state index in [1.54, 1.807) is 24.3 Å². The maximum absolute atomic E-state index is 8.96. The van der Waals surface area contributed by atoms with Crippen LogP contribution in [0.25, 0.3) is 0 Å². The second kappa shape index (κ2) is 4.69. The van der Waals surface area contributed by atoms with Crippen LogP contribution >= 0.6 is 0 Å². The molecule has 13 heteroatoms. The maximum Gasteiger partial charge on any atom is 0.781 e. The minimum Gasteiger partial charge on any atom is -0.593 e. The third kappa shape index (κ3) is 1.91. The van der Waals surface area contributed by atoms with Gasteiger partial charge in [0.1, 0.15) is 24.3 Å². The van der Waals surface area contributed by atoms with Crippen molar-refractivity contribution in [2.45, 2.75) is 0 Å². The quantitative estimate of drug-likeness (QED) is 0.561. The Labute approximate surface area is 138 Å². The fraction of sp³-hybridized carbons (Fsp3) is 0. The molecule has 4 rings (SSSR count). The van der Waals surface area contributed by atoms with Crippen LogP contribution in [0.1, 0.15) is 22.8 Å². The average Bonchev–Trinajstić information content (AvgIpc) is 3.15. The van der Waals surface area contributed by atoms with E-state index in [-0.39, 0.29) is 46.3 Å². The summed E-state index contributed by atoms with van der Waals surface area (Å²) in [7, 11) is 0. The maximum atomic E-state index is 8.96. The highest BCUT2D eigenvalue weighted by atomic mass is 16.9. The highest BCUT2D eigenvalue weighted by Gasteiger charge is 2.55. The minimum absolute atomic E-state index is 0.218. The van der Waals surface area contributed by atoms with Crippen LogP contribution in [0.3, 0.4) is 0 Å². The van der Waals surface area contributed by atoms with Gasteiger partial charge in [0.25, 0.3) is 0 Å². The van der Waals surface area contributed by atoms with E-state index in [0.717, 1.165) is 0 Å². The first-order valence-electron chi connectivity index (χ1n) is 6.44. The van der Waals surface area contributed by atoms with E-state index < -0.39 is 6.96 Å². The molecule has 2 aromatic rings. The van der Waals surface area contributed by atoms with Gasteiger partial charge in [0.15, 0.2) is 22.8 Å². The molecule has 25 heavy (non-hydrogen) atoms. The molecule has 12 nitrogen and oxygen atoms in total. The van der Waals surface area contributed by atoms with Gasteiger partial charge in [0, 0.05) is 0 Å². The fourth-order valence-corrected chi connectivity index (χ4v) is 2.12. The molecule has 0 atom stereocenters. The van der Waals surface area contributed by atoms with Gasteiger partial charge in [-0.15, -0.1) is 0 Å². The van der Waals surface area contributed by atoms with Crippen molar-refractivity contribution in [1.82, 2.24) is 19.9 Å². The molecule has 0 radical (unpaired) electrons. The third-order valence-corrected chi connectivity index (χ3v) is 3.12. The topological polar surface area (TPSA) is 184 Å². The summed E-state index contributed by atoms with van der Waals surface area (Å²) in [5.74, 6) is -0.873. The Hall–Kier alpha value is -4.62. The Bertz CT molecular complexity index is 943. The van der Waals surface area contributed by atoms with Gasteiger partial charge in [-0.2, -0.15) is 41.0 Å². The highest BCUT2D eigenvalue weighted by Crippen LogP contribution is 2.42. The molecule has 0 bridgehead atoms. The van der Waals surface area contributed by atoms with Crippen LogP contribution in [0.5, 0.6) is 23.5 Å². The van der Waals surface area contributed by atoms with Crippen LogP contribution in [-0.2, 0) is 0 Å². The van der Waals surface area contributed by atoms with Gasteiger partial charge in [0.2, 0.25) is 23.5 Å². The molecule has 2 aliphatic rings. The normalized spacial score (nSPS) is 14.2. The van der Waals surface area contributed by atoms with Gasteiger partial charge in [-0.3, -0.25) is 0 Å². The predicted molar refractivity (Wildman–Crippen MR) is 71.2 cm³/mol. The molecule has 0 aliphatic carbocycles. The molecule has 116 valence electrons. The summed E-state index contributed by atoms with van der Waals surface area (Å²) in [5.41, 5.74) is -1.04. The van der Waals surface area contributed by atoms with E-state index >= 15 is 0 Å². The molecule has 0 N–H and O–H groups in total. The van der Waals surface area contributed by atoms with E-state index in [1.165, 1.54) is 0 Å². The summed E-state index contributed by atoms with van der Waals surface area (Å²) in [4.78, 5) is 15.2. The largest absolute Gasteiger partial charge is 0.781 e. The Morgan fingerprint density at radius 1 is 0.520 bits per heavy atom. The molecule has 0 aromatic carbocycles. The van der Waals surface area contributed by atoms with Gasteiger partial charge in [-0.1, -0.05) is 0 Å². The summed E-state index contributed by atoms with van der Waals surface area (Å²) in [6.45, 7) is -2.98. The molecule has 1 spiro atoms. The lowest BCUT2D eigenvalue weighted by Gasteiger charge is -2.25. The lowest BCUT2D eigenvalue weighted by molar-refractivity contribution is 0.217. The van der Waals surface area contributed by atoms with Crippen LogP contribution in [0.2, 0.25) is 0 Å². The molecule has 0 saturated carbocycles. The van der Waals surface area contributed by atoms with Crippen LogP contribution in [0.15, 0.2) is 0 Å². The van der Waals surface area contributed by atoms with Gasteiger partial charge in [-0.05, 0) is 0 Å². The summed E-state index contributed by atoms with van der Waals surface area (Å²) in [5, 5.41) is 35.8. The first-order chi connectivity index (χ1) is 12.1. The van der Waals surface area contributed by atoms with Crippen molar-refractivity contribution in [2.24, 2.45) is 0 Å². The number of nitrogens with zero attached hydrogens (tertiary/aromatic N) is 8. The molecular formula is C12BN8O4-. The standard InChI is InChI=1S/C12BN8O4/c14-1-5-6(2-15)19-10-9(18-5)22-13(23-10)24-11-12(25-13)21-8(4-17)7(3-16)20-11/q-1. The first kappa shape index (κ1) is 14.0. The predicted octanol–water partition coefficient (Wildman–Crippen LogP) is -0.568. The number of nitriles is 4. The number of hydrogen-bond acceptors (Lipinski definition) is 12. The molecule has 0 fully saturated rings. The van der Waals surface area contributed by atoms with Crippen molar-refractivity contribution in [3.05, 3.63) is 22.8 Å². The first-order valence-corrected chi connectivity index (χ1v) is 6.44. The van der Waals surface area contributed by atoms with Crippen molar-refractivity contribution in [3.63, 3.8) is 0 Å². The summed E-state index contributed by atoms with van der Waals surface area (Å²) in [6.07, 6.45) is 0. The number of fused-ring (bicyclic) bond motifs is 2. The molecule has 4 heterocycles. The van der Waals surface area contributed by atoms with Crippen molar-refractivity contribution < 1.29 is 18.6 Å². The Morgan fingerprint density at radius 2 is 0.760 bits per heavy atom. The Kier molecular flexibility index (Phi) is 2.63. The third-order valence-electron chi connectivity index (χ3n) is 3.12. The summed E-state index contributed by atoms with van der Waals surface area (Å²) >= 11 is 0. The zero-order valence-corrected chi connectivity index (χ0v) is 11.8. The molecule has 0 unspecified atom stereocenters. The summed E-state index contributed by atoms with van der Waals surface area (Å²) in [6, 6.07) is 6.80. The van der Waals surface area contributed by atoms with Crippen LogP contribution < -0.4 is 18.6 Å². The second-order valence-corrected chi connectivity index (χ2v) is 4.56. The second-order valence-electron chi connectivity index (χ2n) is 4.56. The lowest BCUT2D eigenvalue weighted by Crippen LogP contribution is -2.54. The van der Waals surface area contributed by atoms with Crippen molar-refractivity contribution in [3.8, 4) is 47.8 Å².